The molecule has 0 saturated heterocycles. The molecule has 0 radical (unpaired) electrons. The lowest BCUT2D eigenvalue weighted by atomic mass is 10.2. The molecule has 0 unspecified atom stereocenters. The molecule has 0 fully saturated rings. The topological polar surface area (TPSA) is 55.1 Å². The SMILES string of the molecule is Nc1ccccc1NC(=O)c1cccc(Br)c1F. The van der Waals surface area contributed by atoms with Crippen LogP contribution in [0.1, 0.15) is 10.4 Å². The summed E-state index contributed by atoms with van der Waals surface area (Å²) in [6.45, 7) is 0. The van der Waals surface area contributed by atoms with Crippen molar-refractivity contribution in [1.29, 1.82) is 0 Å². The minimum atomic E-state index is -0.593. The summed E-state index contributed by atoms with van der Waals surface area (Å²) < 4.78 is 14.0. The van der Waals surface area contributed by atoms with Gasteiger partial charge in [0.25, 0.3) is 5.91 Å². The lowest BCUT2D eigenvalue weighted by Gasteiger charge is -2.08. The zero-order valence-corrected chi connectivity index (χ0v) is 10.9. The van der Waals surface area contributed by atoms with Gasteiger partial charge < -0.3 is 11.1 Å². The first kappa shape index (κ1) is 12.6. The Labute approximate surface area is 112 Å². The summed E-state index contributed by atoms with van der Waals surface area (Å²) in [5, 5.41) is 2.57. The van der Waals surface area contributed by atoms with Gasteiger partial charge in [0.1, 0.15) is 5.82 Å². The van der Waals surface area contributed by atoms with Gasteiger partial charge in [0.05, 0.1) is 21.4 Å². The molecular weight excluding hydrogens is 299 g/mol. The Morgan fingerprint density at radius 3 is 2.61 bits per heavy atom. The Kier molecular flexibility index (Phi) is 3.62. The predicted molar refractivity (Wildman–Crippen MR) is 72.9 cm³/mol. The molecule has 0 aromatic heterocycles. The van der Waals surface area contributed by atoms with Gasteiger partial charge in [-0.25, -0.2) is 4.39 Å². The number of amides is 1. The molecule has 2 aromatic carbocycles. The van der Waals surface area contributed by atoms with Crippen molar-refractivity contribution in [2.24, 2.45) is 0 Å². The lowest BCUT2D eigenvalue weighted by Crippen LogP contribution is -2.15. The van der Waals surface area contributed by atoms with E-state index in [1.807, 2.05) is 0 Å². The van der Waals surface area contributed by atoms with Gasteiger partial charge >= 0.3 is 0 Å². The normalized spacial score (nSPS) is 10.1. The maximum Gasteiger partial charge on any atom is 0.258 e. The van der Waals surface area contributed by atoms with E-state index in [2.05, 4.69) is 21.2 Å². The van der Waals surface area contributed by atoms with Crippen LogP contribution in [0.4, 0.5) is 15.8 Å². The number of nitrogen functional groups attached to an aromatic ring is 1. The molecule has 5 heteroatoms. The molecule has 2 rings (SSSR count). The van der Waals surface area contributed by atoms with Crippen LogP contribution in [0.2, 0.25) is 0 Å². The number of nitrogens with one attached hydrogen (secondary N) is 1. The molecule has 0 atom stereocenters. The van der Waals surface area contributed by atoms with E-state index in [4.69, 9.17) is 5.73 Å². The van der Waals surface area contributed by atoms with Crippen molar-refractivity contribution in [1.82, 2.24) is 0 Å². The molecule has 0 saturated carbocycles. The second kappa shape index (κ2) is 5.18. The Morgan fingerprint density at radius 1 is 1.17 bits per heavy atom. The van der Waals surface area contributed by atoms with E-state index in [0.29, 0.717) is 11.4 Å². The van der Waals surface area contributed by atoms with Crippen LogP contribution in [-0.4, -0.2) is 5.91 Å². The highest BCUT2D eigenvalue weighted by atomic mass is 79.9. The summed E-state index contributed by atoms with van der Waals surface area (Å²) in [6.07, 6.45) is 0. The monoisotopic (exact) mass is 308 g/mol. The van der Waals surface area contributed by atoms with Crippen LogP contribution in [-0.2, 0) is 0 Å². The molecule has 0 spiro atoms. The van der Waals surface area contributed by atoms with Crippen LogP contribution >= 0.6 is 15.9 Å². The zero-order chi connectivity index (χ0) is 13.1. The summed E-state index contributed by atoms with van der Waals surface area (Å²) in [5.41, 5.74) is 6.55. The second-order valence-corrected chi connectivity index (χ2v) is 4.50. The minimum Gasteiger partial charge on any atom is -0.397 e. The Balaban J connectivity index is 2.28. The van der Waals surface area contributed by atoms with Crippen LogP contribution < -0.4 is 11.1 Å². The first-order valence-corrected chi connectivity index (χ1v) is 5.99. The number of hydrogen-bond donors (Lipinski definition) is 2. The van der Waals surface area contributed by atoms with Crippen LogP contribution in [0.3, 0.4) is 0 Å². The Hall–Kier alpha value is -1.88. The van der Waals surface area contributed by atoms with Crippen molar-refractivity contribution in [2.75, 3.05) is 11.1 Å². The first-order valence-electron chi connectivity index (χ1n) is 5.19. The molecular formula is C13H10BrFN2O. The van der Waals surface area contributed by atoms with E-state index in [9.17, 15) is 9.18 Å². The van der Waals surface area contributed by atoms with Crippen molar-refractivity contribution < 1.29 is 9.18 Å². The summed E-state index contributed by atoms with van der Waals surface area (Å²) in [7, 11) is 0. The quantitative estimate of drug-likeness (QED) is 0.835. The van der Waals surface area contributed by atoms with E-state index in [1.54, 1.807) is 30.3 Å². The third-order valence-corrected chi connectivity index (χ3v) is 3.02. The number of carbonyl (C=O) groups is 1. The van der Waals surface area contributed by atoms with Gasteiger partial charge in [-0.3, -0.25) is 4.79 Å². The molecule has 18 heavy (non-hydrogen) atoms. The molecule has 92 valence electrons. The minimum absolute atomic E-state index is 0.0346. The smallest absolute Gasteiger partial charge is 0.258 e. The number of nitrogens with two attached hydrogens (primary N) is 1. The zero-order valence-electron chi connectivity index (χ0n) is 9.28. The maximum atomic E-state index is 13.7. The molecule has 0 heterocycles. The van der Waals surface area contributed by atoms with Crippen LogP contribution in [0.15, 0.2) is 46.9 Å². The third kappa shape index (κ3) is 2.51. The summed E-state index contributed by atoms with van der Waals surface area (Å²) in [5.74, 6) is -1.13. The average molecular weight is 309 g/mol. The van der Waals surface area contributed by atoms with Crippen molar-refractivity contribution in [3.05, 3.63) is 58.3 Å². The lowest BCUT2D eigenvalue weighted by molar-refractivity contribution is 0.102. The van der Waals surface area contributed by atoms with Gasteiger partial charge in [0.15, 0.2) is 0 Å². The molecule has 2 aromatic rings. The Bertz CT molecular complexity index is 601. The van der Waals surface area contributed by atoms with E-state index in [1.165, 1.54) is 12.1 Å². The van der Waals surface area contributed by atoms with Crippen molar-refractivity contribution in [3.63, 3.8) is 0 Å². The number of carbonyl (C=O) groups excluding carboxylic acids is 1. The van der Waals surface area contributed by atoms with Crippen LogP contribution in [0.25, 0.3) is 0 Å². The average Bonchev–Trinajstić information content (AvgIpc) is 2.35. The highest BCUT2D eigenvalue weighted by Crippen LogP contribution is 2.21. The molecule has 3 N–H and O–H groups in total. The van der Waals surface area contributed by atoms with Crippen LogP contribution in [0, 0.1) is 5.82 Å². The van der Waals surface area contributed by atoms with Crippen molar-refractivity contribution >= 4 is 33.2 Å². The van der Waals surface area contributed by atoms with Crippen molar-refractivity contribution in [3.8, 4) is 0 Å². The highest BCUT2D eigenvalue weighted by molar-refractivity contribution is 9.10. The highest BCUT2D eigenvalue weighted by Gasteiger charge is 2.14. The molecule has 3 nitrogen and oxygen atoms in total. The number of rotatable bonds is 2. The van der Waals surface area contributed by atoms with Gasteiger partial charge in [0.2, 0.25) is 0 Å². The van der Waals surface area contributed by atoms with Gasteiger partial charge in [-0.2, -0.15) is 0 Å². The fraction of sp³-hybridized carbons (Fsp3) is 0. The van der Waals surface area contributed by atoms with Gasteiger partial charge in [0, 0.05) is 0 Å². The molecule has 0 aliphatic rings. The van der Waals surface area contributed by atoms with Gasteiger partial charge in [-0.05, 0) is 40.2 Å². The fourth-order valence-electron chi connectivity index (χ4n) is 1.48. The predicted octanol–water partition coefficient (Wildman–Crippen LogP) is 3.42. The largest absolute Gasteiger partial charge is 0.397 e. The fourth-order valence-corrected chi connectivity index (χ4v) is 1.85. The van der Waals surface area contributed by atoms with E-state index in [-0.39, 0.29) is 10.0 Å². The van der Waals surface area contributed by atoms with E-state index >= 15 is 0 Å². The van der Waals surface area contributed by atoms with E-state index < -0.39 is 11.7 Å². The summed E-state index contributed by atoms with van der Waals surface area (Å²) >= 11 is 3.03. The molecule has 0 aliphatic heterocycles. The molecule has 0 aliphatic carbocycles. The van der Waals surface area contributed by atoms with Crippen molar-refractivity contribution in [2.45, 2.75) is 0 Å². The number of para-hydroxylation sites is 2. The first-order chi connectivity index (χ1) is 8.59. The number of halogens is 2. The number of benzene rings is 2. The standard InChI is InChI=1S/C13H10BrFN2O/c14-9-5-3-4-8(12(9)15)13(18)17-11-7-2-1-6-10(11)16/h1-7H,16H2,(H,17,18). The third-order valence-electron chi connectivity index (χ3n) is 2.41. The maximum absolute atomic E-state index is 13.7. The summed E-state index contributed by atoms with van der Waals surface area (Å²) in [6, 6.07) is 11.3. The van der Waals surface area contributed by atoms with Gasteiger partial charge in [-0.1, -0.05) is 18.2 Å². The number of hydrogen-bond acceptors (Lipinski definition) is 2. The molecule has 1 amide bonds. The van der Waals surface area contributed by atoms with Gasteiger partial charge in [-0.15, -0.1) is 0 Å². The van der Waals surface area contributed by atoms with Crippen LogP contribution in [0.5, 0.6) is 0 Å². The number of anilines is 2. The Morgan fingerprint density at radius 2 is 1.89 bits per heavy atom. The second-order valence-electron chi connectivity index (χ2n) is 3.64. The van der Waals surface area contributed by atoms with E-state index in [0.717, 1.165) is 0 Å². The summed E-state index contributed by atoms with van der Waals surface area (Å²) in [4.78, 5) is 11.9. The molecule has 0 bridgehead atoms.